The van der Waals surface area contributed by atoms with E-state index in [0.717, 1.165) is 27.3 Å². The third-order valence-corrected chi connectivity index (χ3v) is 7.36. The number of fused-ring (bicyclic) bond motifs is 1. The number of carbonyl (C=O) groups excluding carboxylic acids is 1. The van der Waals surface area contributed by atoms with Crippen LogP contribution in [0.4, 0.5) is 0 Å². The molecule has 0 spiro atoms. The van der Waals surface area contributed by atoms with Gasteiger partial charge in [-0.05, 0) is 36.6 Å². The minimum absolute atomic E-state index is 0.0327. The second kappa shape index (κ2) is 8.35. The molecule has 2 aliphatic rings. The van der Waals surface area contributed by atoms with E-state index in [4.69, 9.17) is 9.47 Å². The first-order valence-electron chi connectivity index (χ1n) is 10.1. The Hall–Kier alpha value is -2.85. The molecule has 0 N–H and O–H groups in total. The number of likely N-dealkylation sites (tertiary alicyclic amines) is 1. The van der Waals surface area contributed by atoms with E-state index in [1.807, 2.05) is 18.2 Å². The third kappa shape index (κ3) is 4.17. The highest BCUT2D eigenvalue weighted by molar-refractivity contribution is 7.89. The highest BCUT2D eigenvalue weighted by Gasteiger charge is 2.31. The van der Waals surface area contributed by atoms with Gasteiger partial charge in [0, 0.05) is 32.9 Å². The van der Waals surface area contributed by atoms with Gasteiger partial charge >= 0.3 is 0 Å². The van der Waals surface area contributed by atoms with Gasteiger partial charge in [-0.15, -0.1) is 0 Å². The van der Waals surface area contributed by atoms with E-state index in [9.17, 15) is 18.0 Å². The predicted octanol–water partition coefficient (Wildman–Crippen LogP) is 1.23. The summed E-state index contributed by atoms with van der Waals surface area (Å²) in [5.74, 6) is 1.12. The van der Waals surface area contributed by atoms with Gasteiger partial charge in [-0.25, -0.2) is 12.7 Å². The zero-order chi connectivity index (χ0) is 22.2. The normalized spacial score (nSPS) is 18.4. The summed E-state index contributed by atoms with van der Waals surface area (Å²) in [6.07, 6.45) is 2.87. The monoisotopic (exact) mass is 447 g/mol. The summed E-state index contributed by atoms with van der Waals surface area (Å²) < 4.78 is 38.2. The molecule has 0 bridgehead atoms. The minimum Gasteiger partial charge on any atom is -0.486 e. The topological polar surface area (TPSA) is 98.2 Å². The standard InChI is InChI=1S/C21H25N3O6S/c1-22(2)31(27,28)16-6-8-20(25)23(13-16)14-21(26)24-9-3-4-17(24)15-5-7-18-19(12-15)30-11-10-29-18/h5-8,12-13,17H,3-4,9-11,14H2,1-2H3/t17-/m1/s1. The largest absolute Gasteiger partial charge is 0.486 e. The fourth-order valence-corrected chi connectivity index (χ4v) is 4.83. The minimum atomic E-state index is -3.71. The molecule has 1 aromatic heterocycles. The number of pyridine rings is 1. The van der Waals surface area contributed by atoms with Crippen molar-refractivity contribution in [3.63, 3.8) is 0 Å². The summed E-state index contributed by atoms with van der Waals surface area (Å²) in [5.41, 5.74) is 0.521. The van der Waals surface area contributed by atoms with Crippen LogP contribution in [0.3, 0.4) is 0 Å². The van der Waals surface area contributed by atoms with Crippen molar-refractivity contribution in [3.8, 4) is 11.5 Å². The number of sulfonamides is 1. The van der Waals surface area contributed by atoms with Crippen molar-refractivity contribution in [1.29, 1.82) is 0 Å². The summed E-state index contributed by atoms with van der Waals surface area (Å²) in [5, 5.41) is 0. The molecule has 1 amide bonds. The van der Waals surface area contributed by atoms with Gasteiger partial charge in [0.2, 0.25) is 15.9 Å². The van der Waals surface area contributed by atoms with Crippen LogP contribution in [0.2, 0.25) is 0 Å². The van der Waals surface area contributed by atoms with Crippen LogP contribution >= 0.6 is 0 Å². The Morgan fingerprint density at radius 3 is 2.61 bits per heavy atom. The van der Waals surface area contributed by atoms with Gasteiger partial charge < -0.3 is 18.9 Å². The van der Waals surface area contributed by atoms with Crippen LogP contribution in [0.1, 0.15) is 24.4 Å². The Balaban J connectivity index is 1.57. The Kier molecular flexibility index (Phi) is 5.76. The number of rotatable bonds is 5. The number of aromatic nitrogens is 1. The van der Waals surface area contributed by atoms with Gasteiger partial charge in [0.1, 0.15) is 19.8 Å². The van der Waals surface area contributed by atoms with E-state index in [2.05, 4.69) is 0 Å². The fourth-order valence-electron chi connectivity index (χ4n) is 3.91. The maximum Gasteiger partial charge on any atom is 0.251 e. The van der Waals surface area contributed by atoms with Gasteiger partial charge in [-0.3, -0.25) is 9.59 Å². The van der Waals surface area contributed by atoms with Gasteiger partial charge in [0.05, 0.1) is 10.9 Å². The average Bonchev–Trinajstić information content (AvgIpc) is 3.25. The molecule has 0 radical (unpaired) electrons. The second-order valence-corrected chi connectivity index (χ2v) is 9.92. The van der Waals surface area contributed by atoms with E-state index in [1.54, 1.807) is 4.90 Å². The van der Waals surface area contributed by atoms with Gasteiger partial charge in [0.25, 0.3) is 5.56 Å². The van der Waals surface area contributed by atoms with Gasteiger partial charge in [0.15, 0.2) is 11.5 Å². The molecule has 4 rings (SSSR count). The third-order valence-electron chi connectivity index (χ3n) is 5.56. The van der Waals surface area contributed by atoms with Crippen LogP contribution in [0.25, 0.3) is 0 Å². The van der Waals surface area contributed by atoms with E-state index in [0.29, 0.717) is 31.3 Å². The molecule has 10 heteroatoms. The Bertz CT molecular complexity index is 1160. The van der Waals surface area contributed by atoms with Crippen LogP contribution in [0.5, 0.6) is 11.5 Å². The summed E-state index contributed by atoms with van der Waals surface area (Å²) in [6.45, 7) is 1.34. The molecule has 0 saturated carbocycles. The van der Waals surface area contributed by atoms with E-state index in [-0.39, 0.29) is 23.4 Å². The SMILES string of the molecule is CN(C)S(=O)(=O)c1ccc(=O)n(CC(=O)N2CCC[C@@H]2c2ccc3c(c2)OCCO3)c1. The number of ether oxygens (including phenoxy) is 2. The number of benzene rings is 1. The highest BCUT2D eigenvalue weighted by atomic mass is 32.2. The first kappa shape index (κ1) is 21.4. The van der Waals surface area contributed by atoms with Crippen molar-refractivity contribution < 1.29 is 22.7 Å². The molecular formula is C21H25N3O6S. The van der Waals surface area contributed by atoms with Crippen molar-refractivity contribution in [3.05, 3.63) is 52.4 Å². The number of hydrogen-bond donors (Lipinski definition) is 0. The number of amides is 1. The summed E-state index contributed by atoms with van der Waals surface area (Å²) in [6, 6.07) is 7.98. The molecule has 2 aliphatic heterocycles. The highest BCUT2D eigenvalue weighted by Crippen LogP contribution is 2.38. The van der Waals surface area contributed by atoms with Crippen LogP contribution < -0.4 is 15.0 Å². The summed E-state index contributed by atoms with van der Waals surface area (Å²) in [4.78, 5) is 27.1. The molecule has 1 fully saturated rings. The summed E-state index contributed by atoms with van der Waals surface area (Å²) in [7, 11) is -0.881. The van der Waals surface area contributed by atoms with E-state index in [1.165, 1.54) is 32.4 Å². The first-order valence-corrected chi connectivity index (χ1v) is 11.5. The lowest BCUT2D eigenvalue weighted by atomic mass is 10.0. The average molecular weight is 448 g/mol. The molecule has 3 heterocycles. The number of hydrogen-bond acceptors (Lipinski definition) is 6. The van der Waals surface area contributed by atoms with Crippen LogP contribution in [-0.4, -0.2) is 62.0 Å². The Morgan fingerprint density at radius 2 is 1.87 bits per heavy atom. The quantitative estimate of drug-likeness (QED) is 0.684. The van der Waals surface area contributed by atoms with Crippen molar-refractivity contribution >= 4 is 15.9 Å². The maximum absolute atomic E-state index is 13.1. The molecule has 0 unspecified atom stereocenters. The predicted molar refractivity (Wildman–Crippen MR) is 113 cm³/mol. The number of carbonyl (C=O) groups is 1. The lowest BCUT2D eigenvalue weighted by molar-refractivity contribution is -0.132. The first-order chi connectivity index (χ1) is 14.8. The Morgan fingerprint density at radius 1 is 1.13 bits per heavy atom. The lowest BCUT2D eigenvalue weighted by Gasteiger charge is -2.27. The zero-order valence-electron chi connectivity index (χ0n) is 17.5. The molecule has 1 atom stereocenters. The molecule has 1 saturated heterocycles. The fraction of sp³-hybridized carbons (Fsp3) is 0.429. The Labute approximate surface area is 180 Å². The van der Waals surface area contributed by atoms with Crippen LogP contribution in [0.15, 0.2) is 46.2 Å². The second-order valence-electron chi connectivity index (χ2n) is 7.77. The molecular weight excluding hydrogens is 422 g/mol. The van der Waals surface area contributed by atoms with E-state index >= 15 is 0 Å². The van der Waals surface area contributed by atoms with Crippen molar-refractivity contribution in [2.75, 3.05) is 33.9 Å². The van der Waals surface area contributed by atoms with Gasteiger partial charge in [-0.1, -0.05) is 6.07 Å². The van der Waals surface area contributed by atoms with Crippen molar-refractivity contribution in [1.82, 2.24) is 13.8 Å². The molecule has 0 aliphatic carbocycles. The van der Waals surface area contributed by atoms with Gasteiger partial charge in [-0.2, -0.15) is 0 Å². The lowest BCUT2D eigenvalue weighted by Crippen LogP contribution is -2.36. The number of nitrogens with zero attached hydrogens (tertiary/aromatic N) is 3. The molecule has 9 nitrogen and oxygen atoms in total. The molecule has 1 aromatic carbocycles. The zero-order valence-corrected chi connectivity index (χ0v) is 18.3. The van der Waals surface area contributed by atoms with Crippen molar-refractivity contribution in [2.45, 2.75) is 30.3 Å². The summed E-state index contributed by atoms with van der Waals surface area (Å²) >= 11 is 0. The maximum atomic E-state index is 13.1. The van der Waals surface area contributed by atoms with Crippen molar-refractivity contribution in [2.24, 2.45) is 0 Å². The smallest absolute Gasteiger partial charge is 0.251 e. The van der Waals surface area contributed by atoms with Crippen LogP contribution in [0, 0.1) is 0 Å². The molecule has 166 valence electrons. The molecule has 2 aromatic rings. The van der Waals surface area contributed by atoms with E-state index < -0.39 is 15.6 Å². The molecule has 31 heavy (non-hydrogen) atoms. The van der Waals surface area contributed by atoms with Crippen LogP contribution in [-0.2, 0) is 21.4 Å².